The molecule has 1 aliphatic rings. The van der Waals surface area contributed by atoms with E-state index >= 15 is 0 Å². The molecular formula is C35H34N2O5. The number of Topliss-reactive ketones (excluding diaryl/α,β-unsaturated/α-hetero) is 1. The Morgan fingerprint density at radius 3 is 2.24 bits per heavy atom. The summed E-state index contributed by atoms with van der Waals surface area (Å²) >= 11 is 0. The van der Waals surface area contributed by atoms with Gasteiger partial charge in [0.2, 0.25) is 0 Å². The average Bonchev–Trinajstić information content (AvgIpc) is 3.25. The number of hydrogen-bond donors (Lipinski definition) is 1. The fourth-order valence-electron chi connectivity index (χ4n) is 4.99. The van der Waals surface area contributed by atoms with Crippen LogP contribution in [-0.2, 0) is 16.2 Å². The third kappa shape index (κ3) is 6.37. The van der Waals surface area contributed by atoms with Crippen molar-refractivity contribution in [1.82, 2.24) is 9.80 Å². The van der Waals surface area contributed by atoms with E-state index in [1.165, 1.54) is 4.90 Å². The number of hydrogen-bond acceptors (Lipinski definition) is 6. The lowest BCUT2D eigenvalue weighted by Crippen LogP contribution is -2.35. The van der Waals surface area contributed by atoms with Crippen molar-refractivity contribution < 1.29 is 24.2 Å². The molecule has 1 atom stereocenters. The van der Waals surface area contributed by atoms with Crippen molar-refractivity contribution in [2.24, 2.45) is 0 Å². The van der Waals surface area contributed by atoms with Crippen LogP contribution in [0.2, 0.25) is 0 Å². The number of aryl methyl sites for hydroxylation is 1. The quantitative estimate of drug-likeness (QED) is 0.138. The highest BCUT2D eigenvalue weighted by Crippen LogP contribution is 2.41. The van der Waals surface area contributed by atoms with Crippen LogP contribution in [0.3, 0.4) is 0 Å². The Morgan fingerprint density at radius 1 is 0.857 bits per heavy atom. The van der Waals surface area contributed by atoms with Crippen molar-refractivity contribution in [2.75, 3.05) is 27.2 Å². The van der Waals surface area contributed by atoms with Crippen LogP contribution in [0.4, 0.5) is 0 Å². The van der Waals surface area contributed by atoms with Crippen LogP contribution in [0.5, 0.6) is 17.2 Å². The van der Waals surface area contributed by atoms with E-state index in [0.717, 1.165) is 11.1 Å². The first-order valence-corrected chi connectivity index (χ1v) is 13.9. The molecule has 1 amide bonds. The first-order valence-electron chi connectivity index (χ1n) is 13.9. The van der Waals surface area contributed by atoms with Gasteiger partial charge in [-0.3, -0.25) is 9.59 Å². The number of nitrogens with zero attached hydrogens (tertiary/aromatic N) is 2. The number of benzene rings is 4. The minimum atomic E-state index is -0.779. The predicted octanol–water partition coefficient (Wildman–Crippen LogP) is 6.35. The molecule has 0 aliphatic carbocycles. The van der Waals surface area contributed by atoms with Gasteiger partial charge >= 0.3 is 0 Å². The van der Waals surface area contributed by atoms with Crippen LogP contribution < -0.4 is 9.47 Å². The van der Waals surface area contributed by atoms with Gasteiger partial charge < -0.3 is 24.4 Å². The number of rotatable bonds is 10. The summed E-state index contributed by atoms with van der Waals surface area (Å²) in [6.07, 6.45) is 0. The molecule has 1 fully saturated rings. The van der Waals surface area contributed by atoms with Crippen molar-refractivity contribution in [2.45, 2.75) is 19.6 Å². The molecule has 1 aliphatic heterocycles. The Balaban J connectivity index is 1.50. The number of carbonyl (C=O) groups excluding carboxylic acids is 2. The fraction of sp³-hybridized carbons (Fsp3) is 0.200. The van der Waals surface area contributed by atoms with Gasteiger partial charge in [0.25, 0.3) is 11.7 Å². The number of ether oxygens (including phenoxy) is 2. The summed E-state index contributed by atoms with van der Waals surface area (Å²) in [6, 6.07) is 31.0. The number of likely N-dealkylation sites (N-methyl/N-ethyl adjacent to an activating group) is 1. The average molecular weight is 563 g/mol. The second kappa shape index (κ2) is 12.7. The zero-order chi connectivity index (χ0) is 29.6. The number of ketones is 1. The lowest BCUT2D eigenvalue weighted by atomic mass is 9.94. The highest BCUT2D eigenvalue weighted by Gasteiger charge is 2.46. The number of carbonyl (C=O) groups is 2. The third-order valence-corrected chi connectivity index (χ3v) is 7.17. The standard InChI is InChI=1S/C35H34N2O5/c1-24-21-27(17-18-30(24)41-23-25-11-6-4-7-12-25)33(38)31-32(37(20-19-36(2)3)35(40)34(31)39)26-13-10-16-29(22-26)42-28-14-8-5-9-15-28/h4-18,21-22,32,38H,19-20,23H2,1-3H3/t32-/m1/s1. The molecule has 7 heteroatoms. The van der Waals surface area contributed by atoms with Gasteiger partial charge in [0, 0.05) is 18.7 Å². The molecule has 214 valence electrons. The lowest BCUT2D eigenvalue weighted by molar-refractivity contribution is -0.140. The molecule has 0 bridgehead atoms. The van der Waals surface area contributed by atoms with Crippen LogP contribution in [0, 0.1) is 6.92 Å². The van der Waals surface area contributed by atoms with E-state index in [2.05, 4.69) is 0 Å². The molecule has 0 unspecified atom stereocenters. The number of aliphatic hydroxyl groups excluding tert-OH is 1. The summed E-state index contributed by atoms with van der Waals surface area (Å²) < 4.78 is 12.0. The largest absolute Gasteiger partial charge is 0.507 e. The SMILES string of the molecule is Cc1cc(C(O)=C2C(=O)C(=O)N(CCN(C)C)[C@@H]2c2cccc(Oc3ccccc3)c2)ccc1OCc1ccccc1. The van der Waals surface area contributed by atoms with E-state index in [0.29, 0.717) is 48.1 Å². The van der Waals surface area contributed by atoms with E-state index in [1.807, 2.05) is 111 Å². The smallest absolute Gasteiger partial charge is 0.295 e. The van der Waals surface area contributed by atoms with E-state index in [4.69, 9.17) is 9.47 Å². The summed E-state index contributed by atoms with van der Waals surface area (Å²) in [6.45, 7) is 3.16. The van der Waals surface area contributed by atoms with Crippen LogP contribution in [0.25, 0.3) is 5.76 Å². The van der Waals surface area contributed by atoms with E-state index in [9.17, 15) is 14.7 Å². The number of aliphatic hydroxyl groups is 1. The summed E-state index contributed by atoms with van der Waals surface area (Å²) in [7, 11) is 3.81. The van der Waals surface area contributed by atoms with Gasteiger partial charge in [-0.25, -0.2) is 0 Å². The number of para-hydroxylation sites is 1. The molecular weight excluding hydrogens is 528 g/mol. The van der Waals surface area contributed by atoms with Crippen LogP contribution in [0.15, 0.2) is 109 Å². The van der Waals surface area contributed by atoms with Gasteiger partial charge in [-0.1, -0.05) is 60.7 Å². The van der Waals surface area contributed by atoms with Gasteiger partial charge in [0.15, 0.2) is 0 Å². The van der Waals surface area contributed by atoms with Crippen molar-refractivity contribution in [3.8, 4) is 17.2 Å². The van der Waals surface area contributed by atoms with Crippen molar-refractivity contribution in [3.05, 3.63) is 131 Å². The molecule has 1 N–H and O–H groups in total. The predicted molar refractivity (Wildman–Crippen MR) is 162 cm³/mol. The topological polar surface area (TPSA) is 79.3 Å². The highest BCUT2D eigenvalue weighted by atomic mass is 16.5. The maximum absolute atomic E-state index is 13.5. The summed E-state index contributed by atoms with van der Waals surface area (Å²) in [5.74, 6) is 0.320. The molecule has 0 spiro atoms. The molecule has 0 saturated carbocycles. The molecule has 4 aromatic carbocycles. The molecule has 7 nitrogen and oxygen atoms in total. The minimum absolute atomic E-state index is 0.0490. The van der Waals surface area contributed by atoms with Crippen LogP contribution in [-0.4, -0.2) is 53.8 Å². The van der Waals surface area contributed by atoms with Gasteiger partial charge in [0.1, 0.15) is 29.6 Å². The number of likely N-dealkylation sites (tertiary alicyclic amines) is 1. The van der Waals surface area contributed by atoms with Gasteiger partial charge in [-0.05, 0) is 80.2 Å². The molecule has 0 radical (unpaired) electrons. The van der Waals surface area contributed by atoms with E-state index < -0.39 is 17.7 Å². The minimum Gasteiger partial charge on any atom is -0.507 e. The Kier molecular flexibility index (Phi) is 8.69. The molecule has 1 heterocycles. The highest BCUT2D eigenvalue weighted by molar-refractivity contribution is 6.46. The monoisotopic (exact) mass is 562 g/mol. The Bertz CT molecular complexity index is 1600. The second-order valence-corrected chi connectivity index (χ2v) is 10.5. The van der Waals surface area contributed by atoms with Crippen molar-refractivity contribution >= 4 is 17.4 Å². The first kappa shape index (κ1) is 28.6. The van der Waals surface area contributed by atoms with Crippen molar-refractivity contribution in [1.29, 1.82) is 0 Å². The number of amides is 1. The van der Waals surface area contributed by atoms with E-state index in [1.54, 1.807) is 18.2 Å². The molecule has 42 heavy (non-hydrogen) atoms. The van der Waals surface area contributed by atoms with Crippen molar-refractivity contribution in [3.63, 3.8) is 0 Å². The normalized spacial score (nSPS) is 16.2. The maximum atomic E-state index is 13.5. The summed E-state index contributed by atoms with van der Waals surface area (Å²) in [5, 5.41) is 11.6. The summed E-state index contributed by atoms with van der Waals surface area (Å²) in [5.41, 5.74) is 2.99. The van der Waals surface area contributed by atoms with Crippen LogP contribution in [0.1, 0.15) is 28.3 Å². The van der Waals surface area contributed by atoms with E-state index in [-0.39, 0.29) is 11.3 Å². The third-order valence-electron chi connectivity index (χ3n) is 7.17. The molecule has 1 saturated heterocycles. The van der Waals surface area contributed by atoms with Gasteiger partial charge in [0.05, 0.1) is 11.6 Å². The van der Waals surface area contributed by atoms with Crippen LogP contribution >= 0.6 is 0 Å². The Morgan fingerprint density at radius 2 is 1.55 bits per heavy atom. The molecule has 4 aromatic rings. The second-order valence-electron chi connectivity index (χ2n) is 10.5. The Hall–Kier alpha value is -4.88. The van der Waals surface area contributed by atoms with Gasteiger partial charge in [-0.15, -0.1) is 0 Å². The van der Waals surface area contributed by atoms with Gasteiger partial charge in [-0.2, -0.15) is 0 Å². The molecule has 0 aromatic heterocycles. The Labute approximate surface area is 246 Å². The fourth-order valence-corrected chi connectivity index (χ4v) is 4.99. The zero-order valence-electron chi connectivity index (χ0n) is 24.0. The maximum Gasteiger partial charge on any atom is 0.295 e. The molecule has 5 rings (SSSR count). The first-order chi connectivity index (χ1) is 20.3. The zero-order valence-corrected chi connectivity index (χ0v) is 24.0. The lowest BCUT2D eigenvalue weighted by Gasteiger charge is -2.27. The summed E-state index contributed by atoms with van der Waals surface area (Å²) in [4.78, 5) is 30.3.